The van der Waals surface area contributed by atoms with Crippen LogP contribution in [0.3, 0.4) is 0 Å². The molecule has 114 valence electrons. The number of benzene rings is 2. The highest BCUT2D eigenvalue weighted by Crippen LogP contribution is 2.25. The van der Waals surface area contributed by atoms with Gasteiger partial charge in [-0.3, -0.25) is 9.59 Å². The summed E-state index contributed by atoms with van der Waals surface area (Å²) in [4.78, 5) is 23.8. The fraction of sp³-hybridized carbons (Fsp3) is 0.0667. The van der Waals surface area contributed by atoms with Crippen molar-refractivity contribution in [1.29, 1.82) is 0 Å². The van der Waals surface area contributed by atoms with E-state index in [0.717, 1.165) is 5.56 Å². The van der Waals surface area contributed by atoms with Gasteiger partial charge in [-0.15, -0.1) is 0 Å². The molecule has 22 heavy (non-hydrogen) atoms. The van der Waals surface area contributed by atoms with Crippen LogP contribution in [0.1, 0.15) is 5.56 Å². The van der Waals surface area contributed by atoms with Gasteiger partial charge in [-0.1, -0.05) is 29.3 Å². The van der Waals surface area contributed by atoms with E-state index in [9.17, 15) is 9.59 Å². The molecule has 0 fully saturated rings. The Morgan fingerprint density at radius 3 is 2.27 bits per heavy atom. The van der Waals surface area contributed by atoms with Crippen LogP contribution >= 0.6 is 39.1 Å². The lowest BCUT2D eigenvalue weighted by Gasteiger charge is -2.09. The average molecular weight is 402 g/mol. The van der Waals surface area contributed by atoms with Gasteiger partial charge in [0.2, 0.25) is 0 Å². The number of anilines is 2. The minimum Gasteiger partial charge on any atom is -0.318 e. The second-order valence-electron chi connectivity index (χ2n) is 4.52. The van der Waals surface area contributed by atoms with Crippen LogP contribution in [0.5, 0.6) is 0 Å². The van der Waals surface area contributed by atoms with Crippen molar-refractivity contribution < 1.29 is 9.59 Å². The molecule has 0 saturated heterocycles. The number of amides is 2. The molecule has 2 N–H and O–H groups in total. The summed E-state index contributed by atoms with van der Waals surface area (Å²) in [7, 11) is 0. The SMILES string of the molecule is Cc1ccc(NC(=O)C(=O)Nc2ccc(Cl)c(Cl)c2)c(Br)c1. The summed E-state index contributed by atoms with van der Waals surface area (Å²) in [5.41, 5.74) is 1.93. The number of aryl methyl sites for hydroxylation is 1. The summed E-state index contributed by atoms with van der Waals surface area (Å²) in [6, 6.07) is 9.94. The van der Waals surface area contributed by atoms with Gasteiger partial charge in [0.1, 0.15) is 0 Å². The van der Waals surface area contributed by atoms with Crippen molar-refractivity contribution in [2.45, 2.75) is 6.92 Å². The van der Waals surface area contributed by atoms with Crippen LogP contribution in [0.4, 0.5) is 11.4 Å². The molecule has 2 aromatic carbocycles. The van der Waals surface area contributed by atoms with Crippen molar-refractivity contribution in [3.8, 4) is 0 Å². The van der Waals surface area contributed by atoms with Crippen LogP contribution in [0.25, 0.3) is 0 Å². The van der Waals surface area contributed by atoms with E-state index in [0.29, 0.717) is 25.9 Å². The van der Waals surface area contributed by atoms with Gasteiger partial charge >= 0.3 is 11.8 Å². The topological polar surface area (TPSA) is 58.2 Å². The lowest BCUT2D eigenvalue weighted by atomic mass is 10.2. The minimum atomic E-state index is -0.800. The van der Waals surface area contributed by atoms with E-state index < -0.39 is 11.8 Å². The van der Waals surface area contributed by atoms with Gasteiger partial charge in [-0.25, -0.2) is 0 Å². The first-order valence-electron chi connectivity index (χ1n) is 6.20. The maximum absolute atomic E-state index is 11.9. The van der Waals surface area contributed by atoms with Crippen LogP contribution in [-0.2, 0) is 9.59 Å². The third-order valence-electron chi connectivity index (χ3n) is 2.76. The van der Waals surface area contributed by atoms with Crippen molar-refractivity contribution in [2.24, 2.45) is 0 Å². The number of hydrogen-bond donors (Lipinski definition) is 2. The van der Waals surface area contributed by atoms with Gasteiger partial charge in [-0.2, -0.15) is 0 Å². The first kappa shape index (κ1) is 16.8. The van der Waals surface area contributed by atoms with Crippen molar-refractivity contribution in [2.75, 3.05) is 10.6 Å². The van der Waals surface area contributed by atoms with Crippen LogP contribution in [0.2, 0.25) is 10.0 Å². The molecule has 0 atom stereocenters. The second-order valence-corrected chi connectivity index (χ2v) is 6.19. The summed E-state index contributed by atoms with van der Waals surface area (Å²) in [5, 5.41) is 5.64. The summed E-state index contributed by atoms with van der Waals surface area (Å²) >= 11 is 15.0. The zero-order chi connectivity index (χ0) is 16.3. The highest BCUT2D eigenvalue weighted by Gasteiger charge is 2.15. The second kappa shape index (κ2) is 7.13. The van der Waals surface area contributed by atoms with Gasteiger partial charge in [0.15, 0.2) is 0 Å². The maximum atomic E-state index is 11.9. The number of carbonyl (C=O) groups is 2. The Morgan fingerprint density at radius 2 is 1.64 bits per heavy atom. The zero-order valence-corrected chi connectivity index (χ0v) is 14.5. The van der Waals surface area contributed by atoms with E-state index in [-0.39, 0.29) is 0 Å². The number of hydrogen-bond acceptors (Lipinski definition) is 2. The van der Waals surface area contributed by atoms with Crippen LogP contribution in [-0.4, -0.2) is 11.8 Å². The lowest BCUT2D eigenvalue weighted by molar-refractivity contribution is -0.133. The molecule has 0 radical (unpaired) electrons. The number of carbonyl (C=O) groups excluding carboxylic acids is 2. The molecular weight excluding hydrogens is 391 g/mol. The Balaban J connectivity index is 2.05. The van der Waals surface area contributed by atoms with E-state index in [1.54, 1.807) is 12.1 Å². The number of rotatable bonds is 2. The minimum absolute atomic E-state index is 0.293. The fourth-order valence-electron chi connectivity index (χ4n) is 1.66. The molecule has 2 aromatic rings. The van der Waals surface area contributed by atoms with Crippen molar-refractivity contribution >= 4 is 62.3 Å². The Morgan fingerprint density at radius 1 is 0.955 bits per heavy atom. The first-order chi connectivity index (χ1) is 10.4. The van der Waals surface area contributed by atoms with Gasteiger partial charge in [0, 0.05) is 10.2 Å². The van der Waals surface area contributed by atoms with Crippen molar-refractivity contribution in [3.63, 3.8) is 0 Å². The normalized spacial score (nSPS) is 10.2. The predicted octanol–water partition coefficient (Wildman–Crippen LogP) is 4.64. The third-order valence-corrected chi connectivity index (χ3v) is 4.15. The molecule has 0 spiro atoms. The molecular formula is C15H11BrCl2N2O2. The summed E-state index contributed by atoms with van der Waals surface area (Å²) in [5.74, 6) is -1.58. The standard InChI is InChI=1S/C15H11BrCl2N2O2/c1-8-2-5-13(10(16)6-8)20-15(22)14(21)19-9-3-4-11(17)12(18)7-9/h2-7H,1H3,(H,19,21)(H,20,22). The highest BCUT2D eigenvalue weighted by atomic mass is 79.9. The highest BCUT2D eigenvalue weighted by molar-refractivity contribution is 9.10. The van der Waals surface area contributed by atoms with Gasteiger partial charge in [0.05, 0.1) is 15.7 Å². The Hall–Kier alpha value is -1.56. The van der Waals surface area contributed by atoms with Crippen molar-refractivity contribution in [1.82, 2.24) is 0 Å². The largest absolute Gasteiger partial charge is 0.318 e. The smallest absolute Gasteiger partial charge is 0.314 e. The Labute approximate surface area is 145 Å². The summed E-state index contributed by atoms with van der Waals surface area (Å²) in [6.45, 7) is 1.92. The summed E-state index contributed by atoms with van der Waals surface area (Å²) < 4.78 is 0.697. The molecule has 0 aromatic heterocycles. The molecule has 0 bridgehead atoms. The lowest BCUT2D eigenvalue weighted by Crippen LogP contribution is -2.29. The molecule has 4 nitrogen and oxygen atoms in total. The van der Waals surface area contributed by atoms with Crippen LogP contribution < -0.4 is 10.6 Å². The fourth-order valence-corrected chi connectivity index (χ4v) is 2.55. The Bertz CT molecular complexity index is 750. The average Bonchev–Trinajstić information content (AvgIpc) is 2.45. The van der Waals surface area contributed by atoms with E-state index in [4.69, 9.17) is 23.2 Å². The third kappa shape index (κ3) is 4.22. The molecule has 0 heterocycles. The zero-order valence-electron chi connectivity index (χ0n) is 11.4. The molecule has 0 aliphatic rings. The molecule has 0 aliphatic carbocycles. The van der Waals surface area contributed by atoms with E-state index in [1.165, 1.54) is 12.1 Å². The monoisotopic (exact) mass is 400 g/mol. The molecule has 0 unspecified atom stereocenters. The van der Waals surface area contributed by atoms with Crippen LogP contribution in [0, 0.1) is 6.92 Å². The molecule has 2 rings (SSSR count). The van der Waals surface area contributed by atoms with Crippen molar-refractivity contribution in [3.05, 3.63) is 56.5 Å². The molecule has 2 amide bonds. The van der Waals surface area contributed by atoms with E-state index in [2.05, 4.69) is 26.6 Å². The van der Waals surface area contributed by atoms with E-state index >= 15 is 0 Å². The molecule has 0 aliphatic heterocycles. The number of nitrogens with one attached hydrogen (secondary N) is 2. The summed E-state index contributed by atoms with van der Waals surface area (Å²) in [6.07, 6.45) is 0. The van der Waals surface area contributed by atoms with Gasteiger partial charge < -0.3 is 10.6 Å². The first-order valence-corrected chi connectivity index (χ1v) is 7.75. The van der Waals surface area contributed by atoms with E-state index in [1.807, 2.05) is 19.1 Å². The van der Waals surface area contributed by atoms with Gasteiger partial charge in [-0.05, 0) is 58.7 Å². The van der Waals surface area contributed by atoms with Gasteiger partial charge in [0.25, 0.3) is 0 Å². The molecule has 0 saturated carbocycles. The molecule has 7 heteroatoms. The Kier molecular flexibility index (Phi) is 5.45. The number of halogens is 3. The quantitative estimate of drug-likeness (QED) is 0.720. The predicted molar refractivity (Wildman–Crippen MR) is 92.6 cm³/mol. The van der Waals surface area contributed by atoms with Crippen LogP contribution in [0.15, 0.2) is 40.9 Å². The maximum Gasteiger partial charge on any atom is 0.314 e.